The summed E-state index contributed by atoms with van der Waals surface area (Å²) in [7, 11) is 0. The third-order valence-corrected chi connectivity index (χ3v) is 7.49. The second-order valence-corrected chi connectivity index (χ2v) is 9.85. The molecule has 0 N–H and O–H groups in total. The number of hydrogen-bond donors (Lipinski definition) is 0. The van der Waals surface area contributed by atoms with Gasteiger partial charge >= 0.3 is 0 Å². The summed E-state index contributed by atoms with van der Waals surface area (Å²) >= 11 is 0. The molecule has 1 amide bonds. The highest BCUT2D eigenvalue weighted by molar-refractivity contribution is 5.96. The van der Waals surface area contributed by atoms with Crippen molar-refractivity contribution < 1.29 is 4.79 Å². The maximum atomic E-state index is 13.9. The second kappa shape index (κ2) is 9.57. The van der Waals surface area contributed by atoms with Crippen LogP contribution in [0.3, 0.4) is 0 Å². The highest BCUT2D eigenvalue weighted by Gasteiger charge is 2.50. The molecule has 176 valence electrons. The van der Waals surface area contributed by atoms with Gasteiger partial charge in [-0.3, -0.25) is 4.79 Å². The largest absolute Gasteiger partial charge is 0.341 e. The molecule has 2 heterocycles. The van der Waals surface area contributed by atoms with Crippen LogP contribution in [0.4, 0.5) is 5.95 Å². The third-order valence-electron chi connectivity index (χ3n) is 7.49. The van der Waals surface area contributed by atoms with Gasteiger partial charge in [-0.25, -0.2) is 9.97 Å². The van der Waals surface area contributed by atoms with Crippen LogP contribution in [-0.2, 0) is 12.0 Å². The zero-order chi connectivity index (χ0) is 23.5. The first-order valence-corrected chi connectivity index (χ1v) is 12.6. The normalized spacial score (nSPS) is 17.4. The molecule has 0 unspecified atom stereocenters. The van der Waals surface area contributed by atoms with Crippen molar-refractivity contribution >= 4 is 11.9 Å². The lowest BCUT2D eigenvalue weighted by molar-refractivity contribution is 0.0750. The molecule has 1 saturated heterocycles. The molecule has 3 aromatic rings. The summed E-state index contributed by atoms with van der Waals surface area (Å²) in [4.78, 5) is 27.9. The van der Waals surface area contributed by atoms with Gasteiger partial charge in [0.25, 0.3) is 5.91 Å². The van der Waals surface area contributed by atoms with Crippen LogP contribution in [0.2, 0.25) is 0 Å². The SMILES string of the molecule is CCN(Cc1ccccc1)C(=O)c1cnc(N2CCC(C)CC2)nc1C1(c2ccccc2)CC1. The van der Waals surface area contributed by atoms with Crippen LogP contribution < -0.4 is 4.90 Å². The van der Waals surface area contributed by atoms with E-state index < -0.39 is 0 Å². The van der Waals surface area contributed by atoms with Gasteiger partial charge in [0, 0.05) is 37.8 Å². The van der Waals surface area contributed by atoms with E-state index in [1.807, 2.05) is 36.1 Å². The van der Waals surface area contributed by atoms with Crippen LogP contribution in [0.25, 0.3) is 0 Å². The van der Waals surface area contributed by atoms with E-state index in [1.54, 1.807) is 6.20 Å². The lowest BCUT2D eigenvalue weighted by Crippen LogP contribution is -2.36. The van der Waals surface area contributed by atoms with E-state index in [4.69, 9.17) is 9.97 Å². The summed E-state index contributed by atoms with van der Waals surface area (Å²) in [6, 6.07) is 20.7. The van der Waals surface area contributed by atoms with Crippen molar-refractivity contribution in [2.45, 2.75) is 51.5 Å². The monoisotopic (exact) mass is 454 g/mol. The summed E-state index contributed by atoms with van der Waals surface area (Å²) in [5, 5.41) is 0. The van der Waals surface area contributed by atoms with E-state index >= 15 is 0 Å². The second-order valence-electron chi connectivity index (χ2n) is 9.85. The predicted octanol–water partition coefficient (Wildman–Crippen LogP) is 5.46. The minimum absolute atomic E-state index is 0.0161. The fraction of sp³-hybridized carbons (Fsp3) is 0.414. The number of nitrogens with zero attached hydrogens (tertiary/aromatic N) is 4. The fourth-order valence-electron chi connectivity index (χ4n) is 5.10. The molecular formula is C29H34N4O. The van der Waals surface area contributed by atoms with Crippen molar-refractivity contribution in [2.75, 3.05) is 24.5 Å². The molecule has 1 aliphatic heterocycles. The summed E-state index contributed by atoms with van der Waals surface area (Å²) in [5.74, 6) is 1.53. The van der Waals surface area contributed by atoms with E-state index in [2.05, 4.69) is 48.2 Å². The van der Waals surface area contributed by atoms with E-state index in [0.29, 0.717) is 18.7 Å². The topological polar surface area (TPSA) is 49.3 Å². The maximum Gasteiger partial charge on any atom is 0.257 e. The Morgan fingerprint density at radius 3 is 2.29 bits per heavy atom. The van der Waals surface area contributed by atoms with E-state index in [0.717, 1.165) is 61.9 Å². The van der Waals surface area contributed by atoms with Crippen LogP contribution in [-0.4, -0.2) is 40.4 Å². The average Bonchev–Trinajstić information content (AvgIpc) is 3.70. The van der Waals surface area contributed by atoms with Crippen molar-refractivity contribution in [2.24, 2.45) is 5.92 Å². The number of amides is 1. The number of rotatable bonds is 7. The Labute approximate surface area is 202 Å². The first-order valence-electron chi connectivity index (χ1n) is 12.6. The Kier molecular flexibility index (Phi) is 6.36. The Hall–Kier alpha value is -3.21. The first kappa shape index (κ1) is 22.6. The molecule has 1 saturated carbocycles. The highest BCUT2D eigenvalue weighted by Crippen LogP contribution is 2.54. The minimum Gasteiger partial charge on any atom is -0.341 e. The Morgan fingerprint density at radius 1 is 1.03 bits per heavy atom. The van der Waals surface area contributed by atoms with Crippen molar-refractivity contribution in [3.05, 3.63) is 89.2 Å². The molecule has 2 fully saturated rings. The number of carbonyl (C=O) groups is 1. The minimum atomic E-state index is -0.195. The number of piperidine rings is 1. The number of hydrogen-bond acceptors (Lipinski definition) is 4. The predicted molar refractivity (Wildman–Crippen MR) is 136 cm³/mol. The molecule has 34 heavy (non-hydrogen) atoms. The van der Waals surface area contributed by atoms with Gasteiger partial charge in [-0.2, -0.15) is 0 Å². The summed E-state index contributed by atoms with van der Waals surface area (Å²) in [6.07, 6.45) is 6.13. The molecule has 0 atom stereocenters. The summed E-state index contributed by atoms with van der Waals surface area (Å²) in [6.45, 7) is 7.51. The van der Waals surface area contributed by atoms with Crippen LogP contribution in [0.1, 0.15) is 66.7 Å². The molecule has 1 aliphatic carbocycles. The van der Waals surface area contributed by atoms with Crippen molar-refractivity contribution in [1.82, 2.24) is 14.9 Å². The van der Waals surface area contributed by atoms with Gasteiger partial charge in [0.2, 0.25) is 5.95 Å². The lowest BCUT2D eigenvalue weighted by atomic mass is 9.89. The third kappa shape index (κ3) is 4.44. The van der Waals surface area contributed by atoms with Crippen LogP contribution in [0, 0.1) is 5.92 Å². The van der Waals surface area contributed by atoms with Gasteiger partial charge in [0.15, 0.2) is 0 Å². The first-order chi connectivity index (χ1) is 16.6. The molecule has 0 radical (unpaired) electrons. The zero-order valence-corrected chi connectivity index (χ0v) is 20.3. The fourth-order valence-corrected chi connectivity index (χ4v) is 5.10. The molecule has 5 nitrogen and oxygen atoms in total. The number of carbonyl (C=O) groups excluding carboxylic acids is 1. The summed E-state index contributed by atoms with van der Waals surface area (Å²) < 4.78 is 0. The molecular weight excluding hydrogens is 420 g/mol. The highest BCUT2D eigenvalue weighted by atomic mass is 16.2. The van der Waals surface area contributed by atoms with Crippen molar-refractivity contribution in [1.29, 1.82) is 0 Å². The quantitative estimate of drug-likeness (QED) is 0.476. The van der Waals surface area contributed by atoms with Crippen LogP contribution in [0.5, 0.6) is 0 Å². The van der Waals surface area contributed by atoms with E-state index in [1.165, 1.54) is 5.56 Å². The standard InChI is InChI=1S/C29H34N4O/c1-3-32(21-23-10-6-4-7-11-23)27(34)25-20-30-28(33-18-14-22(2)15-19-33)31-26(25)29(16-17-29)24-12-8-5-9-13-24/h4-13,20,22H,3,14-19,21H2,1-2H3. The Bertz CT molecular complexity index is 1120. The van der Waals surface area contributed by atoms with Gasteiger partial charge in [0.1, 0.15) is 0 Å². The average molecular weight is 455 g/mol. The zero-order valence-electron chi connectivity index (χ0n) is 20.3. The van der Waals surface area contributed by atoms with Gasteiger partial charge in [-0.05, 0) is 49.7 Å². The van der Waals surface area contributed by atoms with Gasteiger partial charge < -0.3 is 9.80 Å². The maximum absolute atomic E-state index is 13.9. The molecule has 1 aromatic heterocycles. The van der Waals surface area contributed by atoms with Gasteiger partial charge in [0.05, 0.1) is 11.3 Å². The molecule has 0 bridgehead atoms. The molecule has 5 heteroatoms. The Morgan fingerprint density at radius 2 is 1.68 bits per heavy atom. The molecule has 0 spiro atoms. The molecule has 5 rings (SSSR count). The number of aromatic nitrogens is 2. The number of benzene rings is 2. The Balaban J connectivity index is 1.53. The van der Waals surface area contributed by atoms with Crippen LogP contribution >= 0.6 is 0 Å². The van der Waals surface area contributed by atoms with Crippen molar-refractivity contribution in [3.8, 4) is 0 Å². The van der Waals surface area contributed by atoms with Gasteiger partial charge in [-0.15, -0.1) is 0 Å². The molecule has 2 aliphatic rings. The smallest absolute Gasteiger partial charge is 0.257 e. The van der Waals surface area contributed by atoms with Gasteiger partial charge in [-0.1, -0.05) is 67.6 Å². The van der Waals surface area contributed by atoms with Crippen LogP contribution in [0.15, 0.2) is 66.9 Å². The number of anilines is 1. The van der Waals surface area contributed by atoms with E-state index in [-0.39, 0.29) is 11.3 Å². The van der Waals surface area contributed by atoms with E-state index in [9.17, 15) is 4.79 Å². The summed E-state index contributed by atoms with van der Waals surface area (Å²) in [5.41, 5.74) is 3.72. The molecule has 2 aromatic carbocycles. The lowest BCUT2D eigenvalue weighted by Gasteiger charge is -2.31. The van der Waals surface area contributed by atoms with Crippen molar-refractivity contribution in [3.63, 3.8) is 0 Å².